The van der Waals surface area contributed by atoms with Crippen molar-refractivity contribution in [1.29, 1.82) is 0 Å². The number of hydrogen-bond acceptors (Lipinski definition) is 0. The summed E-state index contributed by atoms with van der Waals surface area (Å²) in [5.74, 6) is 4.27. The fraction of sp³-hybridized carbons (Fsp3) is 1.00. The van der Waals surface area contributed by atoms with E-state index in [9.17, 15) is 0 Å². The Kier molecular flexibility index (Phi) is 20.9. The Balaban J connectivity index is -0.00000112. The average Bonchev–Trinajstić information content (AvgIpc) is 2.35. The third kappa shape index (κ3) is 9.64. The highest BCUT2D eigenvalue weighted by Gasteiger charge is 2.20. The Bertz CT molecular complexity index is 152. The van der Waals surface area contributed by atoms with E-state index in [1.54, 1.807) is 0 Å². The van der Waals surface area contributed by atoms with Gasteiger partial charge in [-0.15, -0.1) is 0 Å². The Morgan fingerprint density at radius 3 is 1.50 bits per heavy atom. The fourth-order valence-electron chi connectivity index (χ4n) is 2.39. The number of nitrogens with zero attached hydrogens (tertiary/aromatic N) is 1. The van der Waals surface area contributed by atoms with E-state index in [-0.39, 0.29) is 48.0 Å². The Morgan fingerprint density at radius 2 is 1.17 bits per heavy atom. The zero-order valence-corrected chi connectivity index (χ0v) is 18.1. The maximum absolute atomic E-state index is 2.34. The largest absolute Gasteiger partial charge is 1.00 e. The predicted octanol–water partition coefficient (Wildman–Crippen LogP) is -2.69. The summed E-state index contributed by atoms with van der Waals surface area (Å²) >= 11 is 0. The molecular formula is C14H33I2NS. The van der Waals surface area contributed by atoms with E-state index in [1.165, 1.54) is 60.8 Å². The van der Waals surface area contributed by atoms with Gasteiger partial charge < -0.3 is 52.4 Å². The van der Waals surface area contributed by atoms with Gasteiger partial charge in [-0.25, -0.2) is 0 Å². The SMILES string of the molecule is CC[S+](CC)CCCC[N+](CC)(CC)CC.[I-].[I-]. The normalized spacial score (nSPS) is 11.0. The highest BCUT2D eigenvalue weighted by molar-refractivity contribution is 7.96. The third-order valence-electron chi connectivity index (χ3n) is 4.14. The van der Waals surface area contributed by atoms with Gasteiger partial charge in [0.15, 0.2) is 0 Å². The molecule has 1 nitrogen and oxygen atoms in total. The highest BCUT2D eigenvalue weighted by Crippen LogP contribution is 2.10. The summed E-state index contributed by atoms with van der Waals surface area (Å²) < 4.78 is 1.33. The minimum Gasteiger partial charge on any atom is -1.00 e. The van der Waals surface area contributed by atoms with Gasteiger partial charge >= 0.3 is 0 Å². The molecule has 0 aromatic rings. The summed E-state index contributed by atoms with van der Waals surface area (Å²) in [4.78, 5) is 0. The lowest BCUT2D eigenvalue weighted by Crippen LogP contribution is -3.00. The Labute approximate surface area is 153 Å². The van der Waals surface area contributed by atoms with E-state index in [0.29, 0.717) is 0 Å². The lowest BCUT2D eigenvalue weighted by molar-refractivity contribution is -0.923. The van der Waals surface area contributed by atoms with Crippen LogP contribution in [0.2, 0.25) is 0 Å². The predicted molar refractivity (Wildman–Crippen MR) is 79.3 cm³/mol. The van der Waals surface area contributed by atoms with Crippen molar-refractivity contribution in [2.75, 3.05) is 43.4 Å². The van der Waals surface area contributed by atoms with Crippen LogP contribution in [0.15, 0.2) is 0 Å². The lowest BCUT2D eigenvalue weighted by atomic mass is 10.2. The van der Waals surface area contributed by atoms with Crippen molar-refractivity contribution in [1.82, 2.24) is 0 Å². The van der Waals surface area contributed by atoms with Crippen LogP contribution in [0.25, 0.3) is 0 Å². The van der Waals surface area contributed by atoms with Gasteiger partial charge in [-0.05, 0) is 51.9 Å². The summed E-state index contributed by atoms with van der Waals surface area (Å²) in [5, 5.41) is 0. The van der Waals surface area contributed by atoms with Gasteiger partial charge in [0, 0.05) is 6.42 Å². The molecule has 0 aliphatic rings. The molecule has 0 aliphatic heterocycles. The number of hydrogen-bond donors (Lipinski definition) is 0. The molecule has 0 radical (unpaired) electrons. The molecule has 0 amide bonds. The quantitative estimate of drug-likeness (QED) is 0.133. The first-order chi connectivity index (χ1) is 7.67. The van der Waals surface area contributed by atoms with Crippen LogP contribution in [-0.2, 0) is 10.9 Å². The molecule has 0 fully saturated rings. The second-order valence-electron chi connectivity index (χ2n) is 4.61. The van der Waals surface area contributed by atoms with Crippen LogP contribution in [0.5, 0.6) is 0 Å². The maximum Gasteiger partial charge on any atom is 0.108 e. The zero-order chi connectivity index (χ0) is 12.4. The summed E-state index contributed by atoms with van der Waals surface area (Å²) in [7, 11) is 0.721. The molecule has 0 aromatic carbocycles. The minimum atomic E-state index is 0. The van der Waals surface area contributed by atoms with Crippen LogP contribution in [0, 0.1) is 0 Å². The average molecular weight is 501 g/mol. The van der Waals surface area contributed by atoms with E-state index in [1.807, 2.05) is 0 Å². The molecule has 0 heterocycles. The smallest absolute Gasteiger partial charge is 0.108 e. The Morgan fingerprint density at radius 1 is 0.722 bits per heavy atom. The van der Waals surface area contributed by atoms with E-state index in [2.05, 4.69) is 34.6 Å². The van der Waals surface area contributed by atoms with E-state index in [0.717, 1.165) is 10.9 Å². The standard InChI is InChI=1S/C14H33NS.2HI/c1-6-15(7-2,8-3)13-11-12-14-16(9-4)10-5;;/h6-14H2,1-5H3;2*1H/q+2;;/p-2. The van der Waals surface area contributed by atoms with Crippen molar-refractivity contribution in [2.45, 2.75) is 47.5 Å². The third-order valence-corrected chi connectivity index (χ3v) is 6.64. The molecule has 0 bridgehead atoms. The summed E-state index contributed by atoms with van der Waals surface area (Å²) in [6, 6.07) is 0. The van der Waals surface area contributed by atoms with Crippen molar-refractivity contribution in [3.8, 4) is 0 Å². The van der Waals surface area contributed by atoms with Gasteiger partial charge in [-0.1, -0.05) is 0 Å². The lowest BCUT2D eigenvalue weighted by Gasteiger charge is -2.35. The number of unbranched alkanes of at least 4 members (excludes halogenated alkanes) is 1. The fourth-order valence-corrected chi connectivity index (χ4v) is 3.99. The molecule has 0 aromatic heterocycles. The molecule has 0 saturated heterocycles. The van der Waals surface area contributed by atoms with Gasteiger partial charge in [0.25, 0.3) is 0 Å². The molecule has 0 unspecified atom stereocenters. The van der Waals surface area contributed by atoms with Gasteiger partial charge in [0.2, 0.25) is 0 Å². The van der Waals surface area contributed by atoms with Crippen LogP contribution in [0.3, 0.4) is 0 Å². The highest BCUT2D eigenvalue weighted by atomic mass is 127. The molecule has 0 rings (SSSR count). The first-order valence-electron chi connectivity index (χ1n) is 7.17. The second kappa shape index (κ2) is 15.2. The van der Waals surface area contributed by atoms with Crippen molar-refractivity contribution in [3.63, 3.8) is 0 Å². The monoisotopic (exact) mass is 501 g/mol. The summed E-state index contributed by atoms with van der Waals surface area (Å²) in [5.41, 5.74) is 0. The van der Waals surface area contributed by atoms with E-state index < -0.39 is 0 Å². The van der Waals surface area contributed by atoms with Crippen LogP contribution in [-0.4, -0.2) is 47.9 Å². The molecule has 0 N–H and O–H groups in total. The summed E-state index contributed by atoms with van der Waals surface area (Å²) in [6.45, 7) is 17.0. The van der Waals surface area contributed by atoms with Crippen molar-refractivity contribution in [3.05, 3.63) is 0 Å². The van der Waals surface area contributed by atoms with Crippen LogP contribution >= 0.6 is 0 Å². The van der Waals surface area contributed by atoms with Crippen molar-refractivity contribution >= 4 is 10.9 Å². The minimum absolute atomic E-state index is 0. The van der Waals surface area contributed by atoms with Gasteiger partial charge in [-0.3, -0.25) is 0 Å². The van der Waals surface area contributed by atoms with Crippen molar-refractivity contribution in [2.24, 2.45) is 0 Å². The Hall–Kier alpha value is 1.77. The molecule has 0 atom stereocenters. The van der Waals surface area contributed by atoms with E-state index in [4.69, 9.17) is 0 Å². The topological polar surface area (TPSA) is 0 Å². The van der Waals surface area contributed by atoms with Gasteiger partial charge in [0.1, 0.15) is 17.3 Å². The first kappa shape index (κ1) is 24.8. The molecule has 114 valence electrons. The zero-order valence-electron chi connectivity index (χ0n) is 13.0. The molecule has 4 heteroatoms. The first-order valence-corrected chi connectivity index (χ1v) is 8.90. The van der Waals surface area contributed by atoms with Gasteiger partial charge in [-0.2, -0.15) is 0 Å². The van der Waals surface area contributed by atoms with Crippen LogP contribution in [0.1, 0.15) is 47.5 Å². The van der Waals surface area contributed by atoms with Crippen molar-refractivity contribution < 1.29 is 52.4 Å². The number of rotatable bonds is 10. The van der Waals surface area contributed by atoms with E-state index >= 15 is 0 Å². The van der Waals surface area contributed by atoms with Gasteiger partial charge in [0.05, 0.1) is 26.2 Å². The second-order valence-corrected chi connectivity index (χ2v) is 7.40. The summed E-state index contributed by atoms with van der Waals surface area (Å²) in [6.07, 6.45) is 2.88. The molecule has 0 saturated carbocycles. The van der Waals surface area contributed by atoms with Crippen LogP contribution in [0.4, 0.5) is 0 Å². The number of quaternary nitrogens is 1. The number of halogens is 2. The molecule has 18 heavy (non-hydrogen) atoms. The maximum atomic E-state index is 2.34. The molecule has 0 aliphatic carbocycles. The van der Waals surface area contributed by atoms with Crippen LogP contribution < -0.4 is 48.0 Å². The molecular weight excluding hydrogens is 468 g/mol. The molecule has 0 spiro atoms.